The molecule has 0 atom stereocenters. The average molecular weight is 393 g/mol. The minimum Gasteiger partial charge on any atom is -0.490 e. The molecule has 1 aliphatic rings. The van der Waals surface area contributed by atoms with Crippen molar-refractivity contribution in [2.24, 2.45) is 0 Å². The third kappa shape index (κ3) is 4.06. The lowest BCUT2D eigenvalue weighted by molar-refractivity contribution is 0.0972. The molecule has 0 saturated carbocycles. The molecule has 0 bridgehead atoms. The summed E-state index contributed by atoms with van der Waals surface area (Å²) in [6, 6.07) is 13.4. The van der Waals surface area contributed by atoms with E-state index in [9.17, 15) is 14.0 Å². The molecule has 2 aromatic carbocycles. The maximum Gasteiger partial charge on any atom is 0.149 e. The van der Waals surface area contributed by atoms with E-state index in [1.807, 2.05) is 19.1 Å². The molecule has 3 aromatic rings. The summed E-state index contributed by atoms with van der Waals surface area (Å²) in [6.45, 7) is 3.70. The number of piperidine rings is 1. The van der Waals surface area contributed by atoms with Gasteiger partial charge in [0.25, 0.3) is 0 Å². The first-order valence-electron chi connectivity index (χ1n) is 9.67. The monoisotopic (exact) mass is 393 g/mol. The second-order valence-electron chi connectivity index (χ2n) is 7.37. The van der Waals surface area contributed by atoms with Crippen LogP contribution in [-0.4, -0.2) is 29.1 Å². The average Bonchev–Trinajstić information content (AvgIpc) is 2.71. The van der Waals surface area contributed by atoms with Crippen molar-refractivity contribution in [2.75, 3.05) is 13.1 Å². The van der Waals surface area contributed by atoms with Crippen molar-refractivity contribution >= 4 is 10.9 Å². The molecule has 0 N–H and O–H groups in total. The molecule has 1 aromatic heterocycles. The molecule has 0 radical (unpaired) electrons. The standard InChI is InChI=1S/C23H21F2N3O/c1-15-12-22(18-5-3-7-21(25)23(18)27-15)29-17-8-10-28(11-9-17)14-19-16(13-26)4-2-6-20(19)24/h2-7,12,17H,8-11,14H2,1H3. The molecule has 148 valence electrons. The summed E-state index contributed by atoms with van der Waals surface area (Å²) in [4.78, 5) is 6.42. The van der Waals surface area contributed by atoms with Crippen molar-refractivity contribution in [3.63, 3.8) is 0 Å². The van der Waals surface area contributed by atoms with E-state index in [1.54, 1.807) is 18.2 Å². The van der Waals surface area contributed by atoms with Crippen LogP contribution in [0.5, 0.6) is 5.75 Å². The summed E-state index contributed by atoms with van der Waals surface area (Å²) in [5.41, 5.74) is 1.85. The number of ether oxygens (including phenoxy) is 1. The highest BCUT2D eigenvalue weighted by Gasteiger charge is 2.23. The van der Waals surface area contributed by atoms with Crippen molar-refractivity contribution in [1.82, 2.24) is 9.88 Å². The molecule has 4 rings (SSSR count). The summed E-state index contributed by atoms with van der Waals surface area (Å²) in [6.07, 6.45) is 1.54. The third-order valence-electron chi connectivity index (χ3n) is 5.33. The van der Waals surface area contributed by atoms with Gasteiger partial charge in [0.05, 0.1) is 11.6 Å². The fourth-order valence-corrected chi connectivity index (χ4v) is 3.81. The lowest BCUT2D eigenvalue weighted by Gasteiger charge is -2.32. The molecule has 0 spiro atoms. The van der Waals surface area contributed by atoms with E-state index >= 15 is 0 Å². The van der Waals surface area contributed by atoms with Crippen LogP contribution in [0.1, 0.15) is 29.7 Å². The van der Waals surface area contributed by atoms with Gasteiger partial charge in [-0.15, -0.1) is 0 Å². The van der Waals surface area contributed by atoms with Gasteiger partial charge in [-0.3, -0.25) is 4.90 Å². The van der Waals surface area contributed by atoms with Crippen molar-refractivity contribution in [3.05, 3.63) is 70.9 Å². The molecule has 1 saturated heterocycles. The molecule has 2 heterocycles. The number of benzene rings is 2. The molecule has 4 nitrogen and oxygen atoms in total. The van der Waals surface area contributed by atoms with E-state index in [4.69, 9.17) is 4.74 Å². The van der Waals surface area contributed by atoms with Gasteiger partial charge in [0.1, 0.15) is 29.0 Å². The predicted octanol–water partition coefficient (Wildman–Crippen LogP) is 4.74. The highest BCUT2D eigenvalue weighted by molar-refractivity contribution is 5.85. The Morgan fingerprint density at radius 3 is 2.62 bits per heavy atom. The SMILES string of the molecule is Cc1cc(OC2CCN(Cc3c(F)cccc3C#N)CC2)c2cccc(F)c2n1. The van der Waals surface area contributed by atoms with Crippen LogP contribution in [0.15, 0.2) is 42.5 Å². The van der Waals surface area contributed by atoms with Crippen molar-refractivity contribution in [3.8, 4) is 11.8 Å². The molecule has 0 aliphatic carbocycles. The fourth-order valence-electron chi connectivity index (χ4n) is 3.81. The Balaban J connectivity index is 1.45. The highest BCUT2D eigenvalue weighted by atomic mass is 19.1. The van der Waals surface area contributed by atoms with Crippen molar-refractivity contribution in [1.29, 1.82) is 5.26 Å². The lowest BCUT2D eigenvalue weighted by Crippen LogP contribution is -2.38. The summed E-state index contributed by atoms with van der Waals surface area (Å²) < 4.78 is 34.4. The number of hydrogen-bond acceptors (Lipinski definition) is 4. The smallest absolute Gasteiger partial charge is 0.149 e. The number of para-hydroxylation sites is 1. The Labute approximate surface area is 168 Å². The Morgan fingerprint density at radius 2 is 1.86 bits per heavy atom. The van der Waals surface area contributed by atoms with Gasteiger partial charge in [-0.05, 0) is 44.0 Å². The predicted molar refractivity (Wildman–Crippen MR) is 106 cm³/mol. The van der Waals surface area contributed by atoms with Crippen LogP contribution in [0.2, 0.25) is 0 Å². The number of aryl methyl sites for hydroxylation is 1. The van der Waals surface area contributed by atoms with Gasteiger partial charge in [-0.25, -0.2) is 13.8 Å². The summed E-state index contributed by atoms with van der Waals surface area (Å²) in [5.74, 6) is -0.0569. The molecule has 6 heteroatoms. The Morgan fingerprint density at radius 1 is 1.14 bits per heavy atom. The van der Waals surface area contributed by atoms with Gasteiger partial charge in [0.15, 0.2) is 0 Å². The molecule has 0 amide bonds. The second-order valence-corrected chi connectivity index (χ2v) is 7.37. The van der Waals surface area contributed by atoms with Gasteiger partial charge in [0.2, 0.25) is 0 Å². The van der Waals surface area contributed by atoms with E-state index in [0.29, 0.717) is 40.0 Å². The van der Waals surface area contributed by atoms with Crippen LogP contribution in [0.3, 0.4) is 0 Å². The number of pyridine rings is 1. The van der Waals surface area contributed by atoms with E-state index in [1.165, 1.54) is 12.1 Å². The van der Waals surface area contributed by atoms with Gasteiger partial charge >= 0.3 is 0 Å². The molecule has 0 unspecified atom stereocenters. The second kappa shape index (κ2) is 8.14. The van der Waals surface area contributed by atoms with Crippen molar-refractivity contribution in [2.45, 2.75) is 32.4 Å². The minimum atomic E-state index is -0.357. The van der Waals surface area contributed by atoms with Gasteiger partial charge in [0, 0.05) is 42.3 Å². The number of nitriles is 1. The maximum atomic E-state index is 14.1. The zero-order valence-electron chi connectivity index (χ0n) is 16.2. The van der Waals surface area contributed by atoms with Crippen LogP contribution < -0.4 is 4.74 Å². The maximum absolute atomic E-state index is 14.1. The summed E-state index contributed by atoms with van der Waals surface area (Å²) in [5, 5.41) is 9.89. The number of nitrogens with zero attached hydrogens (tertiary/aromatic N) is 3. The number of rotatable bonds is 4. The molecular formula is C23H21F2N3O. The number of hydrogen-bond donors (Lipinski definition) is 0. The van der Waals surface area contributed by atoms with Gasteiger partial charge < -0.3 is 4.74 Å². The lowest BCUT2D eigenvalue weighted by atomic mass is 10.0. The van der Waals surface area contributed by atoms with Crippen LogP contribution in [0.4, 0.5) is 8.78 Å². The van der Waals surface area contributed by atoms with Crippen LogP contribution in [0.25, 0.3) is 10.9 Å². The van der Waals surface area contributed by atoms with Gasteiger partial charge in [-0.1, -0.05) is 12.1 Å². The van der Waals surface area contributed by atoms with E-state index < -0.39 is 0 Å². The van der Waals surface area contributed by atoms with E-state index in [0.717, 1.165) is 25.9 Å². The van der Waals surface area contributed by atoms with Crippen molar-refractivity contribution < 1.29 is 13.5 Å². The first-order chi connectivity index (χ1) is 14.0. The first-order valence-corrected chi connectivity index (χ1v) is 9.67. The number of fused-ring (bicyclic) bond motifs is 1. The number of aromatic nitrogens is 1. The highest BCUT2D eigenvalue weighted by Crippen LogP contribution is 2.30. The molecule has 29 heavy (non-hydrogen) atoms. The van der Waals surface area contributed by atoms with E-state index in [-0.39, 0.29) is 17.7 Å². The number of halogens is 2. The Hall–Kier alpha value is -3.04. The Kier molecular flexibility index (Phi) is 5.41. The summed E-state index contributed by atoms with van der Waals surface area (Å²) in [7, 11) is 0. The molecule has 1 aliphatic heterocycles. The fraction of sp³-hybridized carbons (Fsp3) is 0.304. The van der Waals surface area contributed by atoms with Crippen LogP contribution >= 0.6 is 0 Å². The Bertz CT molecular complexity index is 1090. The zero-order chi connectivity index (χ0) is 20.4. The third-order valence-corrected chi connectivity index (χ3v) is 5.33. The molecule has 1 fully saturated rings. The number of likely N-dealkylation sites (tertiary alicyclic amines) is 1. The van der Waals surface area contributed by atoms with Crippen LogP contribution in [-0.2, 0) is 6.54 Å². The topological polar surface area (TPSA) is 49.1 Å². The summed E-state index contributed by atoms with van der Waals surface area (Å²) >= 11 is 0. The minimum absolute atomic E-state index is 0.00410. The quantitative estimate of drug-likeness (QED) is 0.643. The molecular weight excluding hydrogens is 372 g/mol. The zero-order valence-corrected chi connectivity index (χ0v) is 16.2. The van der Waals surface area contributed by atoms with Crippen LogP contribution in [0, 0.1) is 29.9 Å². The van der Waals surface area contributed by atoms with Gasteiger partial charge in [-0.2, -0.15) is 5.26 Å². The largest absolute Gasteiger partial charge is 0.490 e. The first kappa shape index (κ1) is 19.3. The normalized spacial score (nSPS) is 15.4. The van der Waals surface area contributed by atoms with E-state index in [2.05, 4.69) is 16.0 Å².